The maximum atomic E-state index is 12.1. The molecule has 0 saturated carbocycles. The van der Waals surface area contributed by atoms with Gasteiger partial charge in [-0.1, -0.05) is 89.7 Å². The van der Waals surface area contributed by atoms with E-state index in [4.69, 9.17) is 4.74 Å². The van der Waals surface area contributed by atoms with Crippen molar-refractivity contribution in [1.82, 2.24) is 0 Å². The van der Waals surface area contributed by atoms with Gasteiger partial charge in [0, 0.05) is 0 Å². The molecule has 4 nitrogen and oxygen atoms in total. The zero-order valence-corrected chi connectivity index (χ0v) is 16.3. The van der Waals surface area contributed by atoms with E-state index in [0.717, 1.165) is 12.8 Å². The molecule has 0 unspecified atom stereocenters. The van der Waals surface area contributed by atoms with Gasteiger partial charge in [-0.3, -0.25) is 4.79 Å². The van der Waals surface area contributed by atoms with Crippen LogP contribution in [0.25, 0.3) is 0 Å². The van der Waals surface area contributed by atoms with Crippen LogP contribution in [-0.4, -0.2) is 19.0 Å². The number of hydrogen-bond donors (Lipinski definition) is 1. The third-order valence-electron chi connectivity index (χ3n) is 4.59. The Bertz CT molecular complexity index is 502. The Morgan fingerprint density at radius 1 is 0.885 bits per heavy atom. The fourth-order valence-corrected chi connectivity index (χ4v) is 3.04. The number of rotatable bonds is 16. The van der Waals surface area contributed by atoms with E-state index in [-0.39, 0.29) is 5.97 Å². The number of esters is 1. The van der Waals surface area contributed by atoms with Crippen molar-refractivity contribution in [1.29, 1.82) is 0 Å². The molecular weight excluding hydrogens is 326 g/mol. The average molecular weight is 362 g/mol. The zero-order chi connectivity index (χ0) is 18.9. The van der Waals surface area contributed by atoms with Crippen molar-refractivity contribution >= 4 is 18.1 Å². The first-order valence-electron chi connectivity index (χ1n) is 10.3. The van der Waals surface area contributed by atoms with Crippen molar-refractivity contribution in [3.05, 3.63) is 29.8 Å². The van der Waals surface area contributed by atoms with Crippen molar-refractivity contribution in [3.63, 3.8) is 0 Å². The molecule has 0 aliphatic heterocycles. The van der Waals surface area contributed by atoms with Crippen LogP contribution in [-0.2, 0) is 9.53 Å². The number of nitrogens with one attached hydrogen (secondary N) is 1. The summed E-state index contributed by atoms with van der Waals surface area (Å²) in [5, 5.41) is 2.52. The highest BCUT2D eigenvalue weighted by Gasteiger charge is 2.11. The molecule has 0 spiro atoms. The molecule has 0 aliphatic rings. The molecule has 1 amide bonds. The minimum absolute atomic E-state index is 0.377. The van der Waals surface area contributed by atoms with Crippen LogP contribution in [0.1, 0.15) is 94.3 Å². The van der Waals surface area contributed by atoms with Crippen molar-refractivity contribution in [3.8, 4) is 0 Å². The van der Waals surface area contributed by atoms with Crippen LogP contribution in [0.15, 0.2) is 24.3 Å². The lowest BCUT2D eigenvalue weighted by molar-refractivity contribution is -0.105. The molecule has 0 heterocycles. The Morgan fingerprint density at radius 2 is 1.42 bits per heavy atom. The van der Waals surface area contributed by atoms with Crippen LogP contribution < -0.4 is 5.32 Å². The highest BCUT2D eigenvalue weighted by Crippen LogP contribution is 2.16. The molecule has 146 valence electrons. The SMILES string of the molecule is CCCCCCCCCCCCCCOC(=O)c1ccccc1NC=O. The van der Waals surface area contributed by atoms with Gasteiger partial charge in [0.1, 0.15) is 0 Å². The van der Waals surface area contributed by atoms with Gasteiger partial charge in [-0.05, 0) is 18.6 Å². The third-order valence-corrected chi connectivity index (χ3v) is 4.59. The summed E-state index contributed by atoms with van der Waals surface area (Å²) in [6.07, 6.45) is 15.9. The van der Waals surface area contributed by atoms with E-state index in [2.05, 4.69) is 12.2 Å². The summed E-state index contributed by atoms with van der Waals surface area (Å²) in [4.78, 5) is 22.6. The van der Waals surface area contributed by atoms with Gasteiger partial charge >= 0.3 is 5.97 Å². The van der Waals surface area contributed by atoms with E-state index in [1.165, 1.54) is 64.2 Å². The molecule has 0 atom stereocenters. The molecule has 1 aromatic rings. The Labute approximate surface area is 158 Å². The average Bonchev–Trinajstić information content (AvgIpc) is 2.66. The number of amides is 1. The van der Waals surface area contributed by atoms with Gasteiger partial charge in [0.2, 0.25) is 6.41 Å². The summed E-state index contributed by atoms with van der Waals surface area (Å²) in [6.45, 7) is 2.69. The standard InChI is InChI=1S/C22H35NO3/c1-2-3-4-5-6-7-8-9-10-11-12-15-18-26-22(25)20-16-13-14-17-21(20)23-19-24/h13-14,16-17,19H,2-12,15,18H2,1H3,(H,23,24). The number of hydrogen-bond acceptors (Lipinski definition) is 3. The fourth-order valence-electron chi connectivity index (χ4n) is 3.04. The lowest BCUT2D eigenvalue weighted by atomic mass is 10.1. The molecule has 0 fully saturated rings. The van der Waals surface area contributed by atoms with Gasteiger partial charge in [0.15, 0.2) is 0 Å². The predicted octanol–water partition coefficient (Wildman–Crippen LogP) is 6.11. The first kappa shape index (κ1) is 22.2. The van der Waals surface area contributed by atoms with Gasteiger partial charge in [0.25, 0.3) is 0 Å². The van der Waals surface area contributed by atoms with E-state index in [1.54, 1.807) is 24.3 Å². The maximum Gasteiger partial charge on any atom is 0.340 e. The van der Waals surface area contributed by atoms with Crippen molar-refractivity contribution in [2.24, 2.45) is 0 Å². The molecule has 0 bridgehead atoms. The van der Waals surface area contributed by atoms with E-state index >= 15 is 0 Å². The Hall–Kier alpha value is -1.84. The number of carbonyl (C=O) groups excluding carboxylic acids is 2. The molecule has 1 aromatic carbocycles. The number of ether oxygens (including phenoxy) is 1. The van der Waals surface area contributed by atoms with Crippen molar-refractivity contribution in [2.75, 3.05) is 11.9 Å². The fraction of sp³-hybridized carbons (Fsp3) is 0.636. The second-order valence-electron chi connectivity index (χ2n) is 6.83. The van der Waals surface area contributed by atoms with Gasteiger partial charge in [-0.15, -0.1) is 0 Å². The minimum Gasteiger partial charge on any atom is -0.462 e. The molecule has 4 heteroatoms. The molecule has 0 aliphatic carbocycles. The van der Waals surface area contributed by atoms with Crippen molar-refractivity contribution in [2.45, 2.75) is 84.0 Å². The van der Waals surface area contributed by atoms with Crippen molar-refractivity contribution < 1.29 is 14.3 Å². The summed E-state index contributed by atoms with van der Waals surface area (Å²) >= 11 is 0. The monoisotopic (exact) mass is 361 g/mol. The molecule has 0 saturated heterocycles. The predicted molar refractivity (Wildman–Crippen MR) is 107 cm³/mol. The molecule has 1 N–H and O–H groups in total. The minimum atomic E-state index is -0.377. The van der Waals surface area contributed by atoms with Crippen LogP contribution in [0, 0.1) is 0 Å². The number of benzene rings is 1. The molecule has 0 radical (unpaired) electrons. The first-order chi connectivity index (χ1) is 12.8. The number of para-hydroxylation sites is 1. The largest absolute Gasteiger partial charge is 0.462 e. The molecule has 1 rings (SSSR count). The maximum absolute atomic E-state index is 12.1. The van der Waals surface area contributed by atoms with E-state index in [9.17, 15) is 9.59 Å². The first-order valence-corrected chi connectivity index (χ1v) is 10.3. The smallest absolute Gasteiger partial charge is 0.340 e. The lowest BCUT2D eigenvalue weighted by Crippen LogP contribution is -2.10. The van der Waals surface area contributed by atoms with Gasteiger partial charge in [0.05, 0.1) is 17.9 Å². The highest BCUT2D eigenvalue weighted by atomic mass is 16.5. The van der Waals surface area contributed by atoms with Crippen LogP contribution in [0.3, 0.4) is 0 Å². The van der Waals surface area contributed by atoms with E-state index in [0.29, 0.717) is 24.3 Å². The van der Waals surface area contributed by atoms with Crippen LogP contribution in [0.2, 0.25) is 0 Å². The molecule has 26 heavy (non-hydrogen) atoms. The van der Waals surface area contributed by atoms with Gasteiger partial charge in [-0.2, -0.15) is 0 Å². The summed E-state index contributed by atoms with van der Waals surface area (Å²) in [6, 6.07) is 6.88. The summed E-state index contributed by atoms with van der Waals surface area (Å²) in [5.41, 5.74) is 0.890. The Kier molecular flexibility index (Phi) is 13.2. The Balaban J connectivity index is 1.99. The quantitative estimate of drug-likeness (QED) is 0.219. The van der Waals surface area contributed by atoms with Crippen LogP contribution >= 0.6 is 0 Å². The van der Waals surface area contributed by atoms with Crippen LogP contribution in [0.4, 0.5) is 5.69 Å². The van der Waals surface area contributed by atoms with Gasteiger partial charge in [-0.25, -0.2) is 4.79 Å². The molecule has 0 aromatic heterocycles. The van der Waals surface area contributed by atoms with Gasteiger partial charge < -0.3 is 10.1 Å². The number of unbranched alkanes of at least 4 members (excludes halogenated alkanes) is 11. The molecular formula is C22H35NO3. The number of carbonyl (C=O) groups is 2. The van der Waals surface area contributed by atoms with E-state index < -0.39 is 0 Å². The van der Waals surface area contributed by atoms with E-state index in [1.807, 2.05) is 0 Å². The summed E-state index contributed by atoms with van der Waals surface area (Å²) < 4.78 is 5.31. The normalized spacial score (nSPS) is 10.5. The summed E-state index contributed by atoms with van der Waals surface area (Å²) in [5.74, 6) is -0.377. The van der Waals surface area contributed by atoms with Crippen LogP contribution in [0.5, 0.6) is 0 Å². The second kappa shape index (κ2) is 15.4. The Morgan fingerprint density at radius 3 is 2.00 bits per heavy atom. The zero-order valence-electron chi connectivity index (χ0n) is 16.3. The lowest BCUT2D eigenvalue weighted by Gasteiger charge is -2.08. The second-order valence-corrected chi connectivity index (χ2v) is 6.83. The number of anilines is 1. The summed E-state index contributed by atoms with van der Waals surface area (Å²) in [7, 11) is 0. The highest BCUT2D eigenvalue weighted by molar-refractivity contribution is 5.97. The third kappa shape index (κ3) is 10.2. The topological polar surface area (TPSA) is 55.4 Å².